The van der Waals surface area contributed by atoms with Crippen LogP contribution in [0.5, 0.6) is 17.2 Å². The zero-order valence-corrected chi connectivity index (χ0v) is 18.6. The van der Waals surface area contributed by atoms with E-state index in [0.717, 1.165) is 48.8 Å². The number of rotatable bonds is 7. The summed E-state index contributed by atoms with van der Waals surface area (Å²) in [5.41, 5.74) is 1.07. The third-order valence-corrected chi connectivity index (χ3v) is 6.41. The van der Waals surface area contributed by atoms with Gasteiger partial charge in [0.2, 0.25) is 11.6 Å². The quantitative estimate of drug-likeness (QED) is 0.547. The predicted molar refractivity (Wildman–Crippen MR) is 116 cm³/mol. The number of nitrogens with zero attached hydrogens (tertiary/aromatic N) is 3. The number of aromatic nitrogens is 2. The number of benzene rings is 1. The summed E-state index contributed by atoms with van der Waals surface area (Å²) in [6, 6.07) is 8.07. The molecule has 1 atom stereocenters. The Morgan fingerprint density at radius 2 is 1.90 bits per heavy atom. The second-order valence-corrected chi connectivity index (χ2v) is 8.71. The molecule has 1 aliphatic rings. The second-order valence-electron chi connectivity index (χ2n) is 7.42. The van der Waals surface area contributed by atoms with Crippen LogP contribution in [0.15, 0.2) is 28.7 Å². The van der Waals surface area contributed by atoms with Gasteiger partial charge < -0.3 is 18.6 Å². The highest BCUT2D eigenvalue weighted by molar-refractivity contribution is 7.15. The van der Waals surface area contributed by atoms with E-state index in [2.05, 4.69) is 28.1 Å². The fraction of sp³-hybridized carbons (Fsp3) is 0.455. The molecule has 1 aromatic carbocycles. The molecule has 30 heavy (non-hydrogen) atoms. The topological polar surface area (TPSA) is 69.9 Å². The first-order chi connectivity index (χ1) is 14.6. The molecule has 0 radical (unpaired) electrons. The largest absolute Gasteiger partial charge is 0.493 e. The van der Waals surface area contributed by atoms with Crippen LogP contribution in [0.4, 0.5) is 0 Å². The van der Waals surface area contributed by atoms with Crippen molar-refractivity contribution in [3.05, 3.63) is 40.6 Å². The Morgan fingerprint density at radius 3 is 2.60 bits per heavy atom. The molecule has 3 aromatic rings. The van der Waals surface area contributed by atoms with E-state index in [4.69, 9.17) is 18.6 Å². The van der Waals surface area contributed by atoms with Crippen molar-refractivity contribution in [1.29, 1.82) is 0 Å². The minimum Gasteiger partial charge on any atom is -0.493 e. The van der Waals surface area contributed by atoms with Gasteiger partial charge in [-0.05, 0) is 44.5 Å². The van der Waals surface area contributed by atoms with Crippen LogP contribution in [0.2, 0.25) is 0 Å². The first-order valence-electron chi connectivity index (χ1n) is 10.0. The fourth-order valence-electron chi connectivity index (χ4n) is 3.98. The Kier molecular flexibility index (Phi) is 6.24. The molecule has 4 rings (SSSR count). The van der Waals surface area contributed by atoms with E-state index in [1.807, 2.05) is 18.2 Å². The number of ether oxygens (including phenoxy) is 3. The number of methoxy groups -OCH3 is 3. The molecule has 0 saturated carbocycles. The van der Waals surface area contributed by atoms with Crippen molar-refractivity contribution in [2.45, 2.75) is 32.2 Å². The van der Waals surface area contributed by atoms with Crippen LogP contribution >= 0.6 is 11.3 Å². The van der Waals surface area contributed by atoms with Gasteiger partial charge in [0.1, 0.15) is 0 Å². The number of hydrogen-bond donors (Lipinski definition) is 0. The lowest BCUT2D eigenvalue weighted by Crippen LogP contribution is -2.34. The summed E-state index contributed by atoms with van der Waals surface area (Å²) in [6.45, 7) is 4.71. The van der Waals surface area contributed by atoms with Crippen molar-refractivity contribution < 1.29 is 18.6 Å². The highest BCUT2D eigenvalue weighted by Crippen LogP contribution is 2.41. The summed E-state index contributed by atoms with van der Waals surface area (Å²) in [5.74, 6) is 3.57. The lowest BCUT2D eigenvalue weighted by Gasteiger charge is -2.31. The van der Waals surface area contributed by atoms with Crippen LogP contribution in [0.25, 0.3) is 10.8 Å². The molecule has 3 heterocycles. The maximum absolute atomic E-state index is 6.03. The van der Waals surface area contributed by atoms with E-state index in [9.17, 15) is 0 Å². The van der Waals surface area contributed by atoms with Crippen molar-refractivity contribution in [3.63, 3.8) is 0 Å². The number of likely N-dealkylation sites (tertiary alicyclic amines) is 1. The maximum atomic E-state index is 6.03. The molecule has 2 aromatic heterocycles. The van der Waals surface area contributed by atoms with Crippen molar-refractivity contribution in [2.75, 3.05) is 34.4 Å². The highest BCUT2D eigenvalue weighted by atomic mass is 32.1. The smallest absolute Gasteiger partial charge is 0.257 e. The third-order valence-electron chi connectivity index (χ3n) is 5.43. The summed E-state index contributed by atoms with van der Waals surface area (Å²) < 4.78 is 22.6. The van der Waals surface area contributed by atoms with E-state index in [-0.39, 0.29) is 5.92 Å². The third kappa shape index (κ3) is 4.15. The van der Waals surface area contributed by atoms with Gasteiger partial charge in [-0.25, -0.2) is 0 Å². The SMILES string of the molecule is COc1ccc(CN2CCC[C@H](c3nnc(-c4ccc(C)s4)o3)C2)c(OC)c1OC. The zero-order chi connectivity index (χ0) is 21.1. The van der Waals surface area contributed by atoms with Crippen LogP contribution in [0.1, 0.15) is 35.1 Å². The standard InChI is InChI=1S/C22H27N3O4S/c1-14-7-10-18(30-14)22-24-23-21(29-22)16-6-5-11-25(13-16)12-15-8-9-17(26-2)20(28-4)19(15)27-3/h7-10,16H,5-6,11-13H2,1-4H3/t16-/m0/s1. The average molecular weight is 430 g/mol. The molecular formula is C22H27N3O4S. The van der Waals surface area contributed by atoms with Gasteiger partial charge in [0.15, 0.2) is 11.5 Å². The predicted octanol–water partition coefficient (Wildman–Crippen LogP) is 4.51. The summed E-state index contributed by atoms with van der Waals surface area (Å²) in [6.07, 6.45) is 2.13. The maximum Gasteiger partial charge on any atom is 0.257 e. The number of aryl methyl sites for hydroxylation is 1. The Labute approximate surface area is 180 Å². The van der Waals surface area contributed by atoms with Crippen LogP contribution in [-0.4, -0.2) is 49.5 Å². The van der Waals surface area contributed by atoms with E-state index < -0.39 is 0 Å². The summed E-state index contributed by atoms with van der Waals surface area (Å²) in [4.78, 5) is 4.66. The summed E-state index contributed by atoms with van der Waals surface area (Å²) in [7, 11) is 4.91. The molecule has 7 nitrogen and oxygen atoms in total. The van der Waals surface area contributed by atoms with Crippen LogP contribution in [-0.2, 0) is 6.54 Å². The van der Waals surface area contributed by atoms with Crippen molar-refractivity contribution in [2.24, 2.45) is 0 Å². The number of thiophene rings is 1. The van der Waals surface area contributed by atoms with Gasteiger partial charge in [0.25, 0.3) is 5.89 Å². The summed E-state index contributed by atoms with van der Waals surface area (Å²) >= 11 is 1.67. The molecule has 0 amide bonds. The van der Waals surface area contributed by atoms with Gasteiger partial charge >= 0.3 is 0 Å². The Hall–Kier alpha value is -2.58. The molecule has 1 saturated heterocycles. The molecular weight excluding hydrogens is 402 g/mol. The molecule has 0 spiro atoms. The summed E-state index contributed by atoms with van der Waals surface area (Å²) in [5, 5.41) is 8.63. The van der Waals surface area contributed by atoms with E-state index >= 15 is 0 Å². The Morgan fingerprint density at radius 1 is 1.07 bits per heavy atom. The molecule has 0 bridgehead atoms. The van der Waals surface area contributed by atoms with Gasteiger partial charge in [-0.2, -0.15) is 0 Å². The van der Waals surface area contributed by atoms with E-state index in [1.54, 1.807) is 32.7 Å². The molecule has 1 aliphatic heterocycles. The Bertz CT molecular complexity index is 1000. The zero-order valence-electron chi connectivity index (χ0n) is 17.8. The second kappa shape index (κ2) is 9.06. The van der Waals surface area contributed by atoms with Crippen molar-refractivity contribution >= 4 is 11.3 Å². The van der Waals surface area contributed by atoms with E-state index in [0.29, 0.717) is 23.1 Å². The molecule has 160 valence electrons. The van der Waals surface area contributed by atoms with Crippen molar-refractivity contribution in [1.82, 2.24) is 15.1 Å². The van der Waals surface area contributed by atoms with E-state index in [1.165, 1.54) is 4.88 Å². The lowest BCUT2D eigenvalue weighted by molar-refractivity contribution is 0.184. The van der Waals surface area contributed by atoms with Gasteiger partial charge in [-0.3, -0.25) is 4.90 Å². The molecule has 1 fully saturated rings. The fourth-order valence-corrected chi connectivity index (χ4v) is 4.77. The van der Waals surface area contributed by atoms with Gasteiger partial charge in [0, 0.05) is 23.5 Å². The van der Waals surface area contributed by atoms with Gasteiger partial charge in [-0.15, -0.1) is 21.5 Å². The molecule has 8 heteroatoms. The first-order valence-corrected chi connectivity index (χ1v) is 10.8. The number of hydrogen-bond acceptors (Lipinski definition) is 8. The monoisotopic (exact) mass is 429 g/mol. The van der Waals surface area contributed by atoms with Crippen LogP contribution in [0.3, 0.4) is 0 Å². The van der Waals surface area contributed by atoms with Crippen LogP contribution < -0.4 is 14.2 Å². The normalized spacial score (nSPS) is 17.1. The Balaban J connectivity index is 1.49. The molecule has 0 aliphatic carbocycles. The average Bonchev–Trinajstić information content (AvgIpc) is 3.42. The van der Waals surface area contributed by atoms with Crippen molar-refractivity contribution in [3.8, 4) is 28.0 Å². The first kappa shape index (κ1) is 20.7. The van der Waals surface area contributed by atoms with Crippen LogP contribution in [0, 0.1) is 6.92 Å². The minimum absolute atomic E-state index is 0.229. The molecule has 0 unspecified atom stereocenters. The lowest BCUT2D eigenvalue weighted by atomic mass is 9.97. The van der Waals surface area contributed by atoms with Gasteiger partial charge in [-0.1, -0.05) is 6.07 Å². The van der Waals surface area contributed by atoms with Gasteiger partial charge in [0.05, 0.1) is 32.1 Å². The highest BCUT2D eigenvalue weighted by Gasteiger charge is 2.27. The minimum atomic E-state index is 0.229. The molecule has 0 N–H and O–H groups in total. The number of piperidine rings is 1.